The number of aryl methyl sites for hydroxylation is 1. The molecule has 0 aliphatic heterocycles. The molecule has 0 radical (unpaired) electrons. The lowest BCUT2D eigenvalue weighted by atomic mass is 10.2. The van der Waals surface area contributed by atoms with Crippen LogP contribution in [0.15, 0.2) is 44.3 Å². The highest BCUT2D eigenvalue weighted by Crippen LogP contribution is 2.10. The number of benzene rings is 1. The number of aromatic nitrogens is 2. The van der Waals surface area contributed by atoms with E-state index < -0.39 is 5.91 Å². The molecular formula is C15H13N3O4. The standard InChI is InChI=1S/C15H13N3O4/c1-8-4-10(19)6-13(22-8)14(20)16-7-9-2-3-11-12(5-9)18-15(21)17-11/h2-6H,7H2,1H3,(H,16,20)(H2,17,18,21). The second kappa shape index (κ2) is 5.36. The summed E-state index contributed by atoms with van der Waals surface area (Å²) in [4.78, 5) is 39.8. The number of fused-ring (bicyclic) bond motifs is 1. The van der Waals surface area contributed by atoms with Crippen LogP contribution in [0, 0.1) is 6.92 Å². The third kappa shape index (κ3) is 2.83. The van der Waals surface area contributed by atoms with E-state index in [-0.39, 0.29) is 23.4 Å². The normalized spacial score (nSPS) is 10.8. The summed E-state index contributed by atoms with van der Waals surface area (Å²) in [7, 11) is 0. The fraction of sp³-hybridized carbons (Fsp3) is 0.133. The molecule has 7 heteroatoms. The summed E-state index contributed by atoms with van der Waals surface area (Å²) in [5.74, 6) is -0.117. The van der Waals surface area contributed by atoms with Gasteiger partial charge in [0.05, 0.1) is 11.0 Å². The molecule has 0 unspecified atom stereocenters. The van der Waals surface area contributed by atoms with Crippen LogP contribution in [0.3, 0.4) is 0 Å². The van der Waals surface area contributed by atoms with Crippen molar-refractivity contribution in [1.82, 2.24) is 15.3 Å². The van der Waals surface area contributed by atoms with Crippen molar-refractivity contribution in [2.45, 2.75) is 13.5 Å². The van der Waals surface area contributed by atoms with E-state index in [1.165, 1.54) is 6.07 Å². The number of amides is 1. The molecule has 2 heterocycles. The smallest absolute Gasteiger partial charge is 0.323 e. The minimum absolute atomic E-state index is 0.0267. The molecule has 2 aromatic heterocycles. The second-order valence-corrected chi connectivity index (χ2v) is 4.91. The van der Waals surface area contributed by atoms with Crippen molar-refractivity contribution in [2.24, 2.45) is 0 Å². The van der Waals surface area contributed by atoms with Crippen LogP contribution >= 0.6 is 0 Å². The van der Waals surface area contributed by atoms with Gasteiger partial charge in [0.2, 0.25) is 0 Å². The first-order chi connectivity index (χ1) is 10.5. The number of H-pyrrole nitrogens is 2. The lowest BCUT2D eigenvalue weighted by Gasteiger charge is -2.05. The number of rotatable bonds is 3. The summed E-state index contributed by atoms with van der Waals surface area (Å²) in [6.45, 7) is 1.86. The zero-order valence-electron chi connectivity index (χ0n) is 11.7. The zero-order valence-corrected chi connectivity index (χ0v) is 11.7. The predicted molar refractivity (Wildman–Crippen MR) is 79.8 cm³/mol. The van der Waals surface area contributed by atoms with Gasteiger partial charge in [-0.3, -0.25) is 9.59 Å². The summed E-state index contributed by atoms with van der Waals surface area (Å²) in [6.07, 6.45) is 0. The highest BCUT2D eigenvalue weighted by atomic mass is 16.3. The van der Waals surface area contributed by atoms with Crippen LogP contribution in [0.4, 0.5) is 0 Å². The molecule has 0 saturated heterocycles. The maximum Gasteiger partial charge on any atom is 0.323 e. The van der Waals surface area contributed by atoms with Gasteiger partial charge in [-0.2, -0.15) is 0 Å². The van der Waals surface area contributed by atoms with Gasteiger partial charge in [0.25, 0.3) is 5.91 Å². The van der Waals surface area contributed by atoms with Crippen LogP contribution in [0.2, 0.25) is 0 Å². The molecule has 112 valence electrons. The van der Waals surface area contributed by atoms with E-state index in [4.69, 9.17) is 4.42 Å². The van der Waals surface area contributed by atoms with Crippen molar-refractivity contribution in [1.29, 1.82) is 0 Å². The van der Waals surface area contributed by atoms with Crippen molar-refractivity contribution < 1.29 is 9.21 Å². The molecule has 0 fully saturated rings. The summed E-state index contributed by atoms with van der Waals surface area (Å²) >= 11 is 0. The van der Waals surface area contributed by atoms with E-state index in [2.05, 4.69) is 15.3 Å². The highest BCUT2D eigenvalue weighted by molar-refractivity contribution is 5.91. The molecule has 0 aliphatic rings. The summed E-state index contributed by atoms with van der Waals surface area (Å²) in [6, 6.07) is 7.77. The Kier molecular flexibility index (Phi) is 3.38. The zero-order chi connectivity index (χ0) is 15.7. The topological polar surface area (TPSA) is 108 Å². The highest BCUT2D eigenvalue weighted by Gasteiger charge is 2.10. The predicted octanol–water partition coefficient (Wildman–Crippen LogP) is 1.05. The lowest BCUT2D eigenvalue weighted by molar-refractivity contribution is 0.0919. The third-order valence-electron chi connectivity index (χ3n) is 3.15. The van der Waals surface area contributed by atoms with Gasteiger partial charge in [-0.05, 0) is 24.6 Å². The van der Waals surface area contributed by atoms with E-state index in [1.807, 2.05) is 0 Å². The Labute approximate surface area is 124 Å². The fourth-order valence-corrected chi connectivity index (χ4v) is 2.17. The molecule has 0 aliphatic carbocycles. The minimum Gasteiger partial charge on any atom is -0.456 e. The van der Waals surface area contributed by atoms with Crippen LogP contribution in [0.25, 0.3) is 11.0 Å². The minimum atomic E-state index is -0.469. The summed E-state index contributed by atoms with van der Waals surface area (Å²) < 4.78 is 5.22. The molecule has 0 saturated carbocycles. The van der Waals surface area contributed by atoms with Crippen molar-refractivity contribution in [2.75, 3.05) is 0 Å². The number of hydrogen-bond donors (Lipinski definition) is 3. The summed E-state index contributed by atoms with van der Waals surface area (Å²) in [5.41, 5.74) is 1.62. The van der Waals surface area contributed by atoms with Gasteiger partial charge in [-0.15, -0.1) is 0 Å². The molecule has 22 heavy (non-hydrogen) atoms. The van der Waals surface area contributed by atoms with Gasteiger partial charge in [0.1, 0.15) is 5.76 Å². The van der Waals surface area contributed by atoms with Crippen LogP contribution < -0.4 is 16.4 Å². The molecule has 3 aromatic rings. The number of nitrogens with one attached hydrogen (secondary N) is 3. The third-order valence-corrected chi connectivity index (χ3v) is 3.15. The largest absolute Gasteiger partial charge is 0.456 e. The first-order valence-corrected chi connectivity index (χ1v) is 6.62. The number of imidazole rings is 1. The quantitative estimate of drug-likeness (QED) is 0.671. The van der Waals surface area contributed by atoms with Gasteiger partial charge in [0, 0.05) is 18.7 Å². The molecule has 0 atom stereocenters. The average molecular weight is 299 g/mol. The molecule has 0 spiro atoms. The van der Waals surface area contributed by atoms with Gasteiger partial charge >= 0.3 is 5.69 Å². The Hall–Kier alpha value is -3.09. The lowest BCUT2D eigenvalue weighted by Crippen LogP contribution is -2.24. The van der Waals surface area contributed by atoms with Crippen LogP contribution in [0.5, 0.6) is 0 Å². The Bertz CT molecular complexity index is 965. The molecule has 1 amide bonds. The SMILES string of the molecule is Cc1cc(=O)cc(C(=O)NCc2ccc3[nH]c(=O)[nH]c3c2)o1. The molecule has 3 rings (SSSR count). The maximum atomic E-state index is 12.0. The van der Waals surface area contributed by atoms with E-state index in [1.54, 1.807) is 25.1 Å². The van der Waals surface area contributed by atoms with Gasteiger partial charge in [-0.25, -0.2) is 4.79 Å². The van der Waals surface area contributed by atoms with Crippen molar-refractivity contribution in [3.63, 3.8) is 0 Å². The number of carbonyl (C=O) groups is 1. The summed E-state index contributed by atoms with van der Waals surface area (Å²) in [5, 5.41) is 2.67. The molecule has 0 bridgehead atoms. The number of hydrogen-bond acceptors (Lipinski definition) is 4. The Morgan fingerprint density at radius 1 is 1.14 bits per heavy atom. The second-order valence-electron chi connectivity index (χ2n) is 4.91. The van der Waals surface area contributed by atoms with Crippen molar-refractivity contribution >= 4 is 16.9 Å². The van der Waals surface area contributed by atoms with Gasteiger partial charge < -0.3 is 19.7 Å². The number of aromatic amines is 2. The van der Waals surface area contributed by atoms with Crippen LogP contribution in [-0.4, -0.2) is 15.9 Å². The molecule has 3 N–H and O–H groups in total. The van der Waals surface area contributed by atoms with Crippen molar-refractivity contribution in [3.8, 4) is 0 Å². The monoisotopic (exact) mass is 299 g/mol. The fourth-order valence-electron chi connectivity index (χ4n) is 2.17. The molecular weight excluding hydrogens is 286 g/mol. The van der Waals surface area contributed by atoms with E-state index in [9.17, 15) is 14.4 Å². The van der Waals surface area contributed by atoms with E-state index in [0.717, 1.165) is 11.6 Å². The first-order valence-electron chi connectivity index (χ1n) is 6.62. The Morgan fingerprint density at radius 3 is 2.68 bits per heavy atom. The Balaban J connectivity index is 1.76. The van der Waals surface area contributed by atoms with Gasteiger partial charge in [-0.1, -0.05) is 6.07 Å². The average Bonchev–Trinajstić information content (AvgIpc) is 2.82. The first kappa shape index (κ1) is 13.9. The van der Waals surface area contributed by atoms with Gasteiger partial charge in [0.15, 0.2) is 11.2 Å². The number of carbonyl (C=O) groups excluding carboxylic acids is 1. The maximum absolute atomic E-state index is 12.0. The van der Waals surface area contributed by atoms with E-state index >= 15 is 0 Å². The Morgan fingerprint density at radius 2 is 1.91 bits per heavy atom. The van der Waals surface area contributed by atoms with Crippen LogP contribution in [-0.2, 0) is 6.54 Å². The van der Waals surface area contributed by atoms with Crippen LogP contribution in [0.1, 0.15) is 21.9 Å². The molecule has 7 nitrogen and oxygen atoms in total. The molecule has 1 aromatic carbocycles. The van der Waals surface area contributed by atoms with E-state index in [0.29, 0.717) is 16.8 Å². The van der Waals surface area contributed by atoms with Crippen molar-refractivity contribution in [3.05, 3.63) is 68.1 Å².